The fraction of sp³-hybridized carbons (Fsp3) is 0.556. The van der Waals surface area contributed by atoms with Gasteiger partial charge in [-0.15, -0.1) is 6.58 Å². The summed E-state index contributed by atoms with van der Waals surface area (Å²) in [6, 6.07) is 2.33. The van der Waals surface area contributed by atoms with E-state index in [1.165, 1.54) is 12.0 Å². The molecule has 8 nitrogen and oxygen atoms in total. The van der Waals surface area contributed by atoms with Gasteiger partial charge in [-0.2, -0.15) is 0 Å². The number of nitrogens with zero attached hydrogens (tertiary/aromatic N) is 2. The van der Waals surface area contributed by atoms with Gasteiger partial charge in [0.25, 0.3) is 14.2 Å². The predicted octanol–water partition coefficient (Wildman–Crippen LogP) is 5.99. The Bertz CT molecular complexity index is 1040. The summed E-state index contributed by atoms with van der Waals surface area (Å²) in [4.78, 5) is 28.6. The monoisotopic (exact) mass is 516 g/mol. The Morgan fingerprint density at radius 3 is 2.19 bits per heavy atom. The van der Waals surface area contributed by atoms with E-state index in [4.69, 9.17) is 9.16 Å². The number of carbonyl (C=O) groups excluding carboxylic acids is 1. The Morgan fingerprint density at radius 2 is 1.72 bits per heavy atom. The summed E-state index contributed by atoms with van der Waals surface area (Å²) in [5.41, 5.74) is 1.91. The van der Waals surface area contributed by atoms with Crippen molar-refractivity contribution >= 4 is 26.0 Å². The van der Waals surface area contributed by atoms with Crippen molar-refractivity contribution in [2.24, 2.45) is 5.92 Å². The van der Waals surface area contributed by atoms with E-state index >= 15 is 0 Å². The van der Waals surface area contributed by atoms with Crippen molar-refractivity contribution in [3.8, 4) is 11.5 Å². The minimum atomic E-state index is -2.44. The van der Waals surface area contributed by atoms with Crippen LogP contribution in [0.5, 0.6) is 11.5 Å². The van der Waals surface area contributed by atoms with Gasteiger partial charge in [-0.05, 0) is 36.0 Å². The number of ether oxygens (including phenoxy) is 1. The molecule has 0 aromatic heterocycles. The van der Waals surface area contributed by atoms with Gasteiger partial charge in [-0.25, -0.2) is 9.69 Å². The highest BCUT2D eigenvalue weighted by molar-refractivity contribution is 6.78. The van der Waals surface area contributed by atoms with E-state index in [9.17, 15) is 19.8 Å². The fourth-order valence-corrected chi connectivity index (χ4v) is 11.5. The van der Waals surface area contributed by atoms with Crippen molar-refractivity contribution < 1.29 is 29.0 Å². The number of aliphatic hydroxyl groups is 1. The summed E-state index contributed by atoms with van der Waals surface area (Å²) in [7, 11) is -0.929. The molecule has 0 bridgehead atoms. The molecule has 2 aliphatic heterocycles. The molecule has 0 spiro atoms. The third kappa shape index (κ3) is 4.32. The molecule has 0 fully saturated rings. The van der Waals surface area contributed by atoms with Crippen LogP contribution in [0.25, 0.3) is 0 Å². The van der Waals surface area contributed by atoms with Crippen molar-refractivity contribution in [3.63, 3.8) is 0 Å². The second-order valence-corrected chi connectivity index (χ2v) is 16.1. The lowest BCUT2D eigenvalue weighted by Crippen LogP contribution is -2.52. The normalized spacial score (nSPS) is 21.9. The number of allylic oxidation sites excluding steroid dienone is 1. The van der Waals surface area contributed by atoms with Crippen LogP contribution in [-0.4, -0.2) is 54.8 Å². The van der Waals surface area contributed by atoms with Crippen molar-refractivity contribution in [2.45, 2.75) is 83.8 Å². The molecular formula is C27H40N2O6Si. The lowest BCUT2D eigenvalue weighted by atomic mass is 9.91. The summed E-state index contributed by atoms with van der Waals surface area (Å²) >= 11 is 0. The first-order valence-corrected chi connectivity index (χ1v) is 14.7. The number of methoxy groups -OCH3 is 1. The summed E-state index contributed by atoms with van der Waals surface area (Å²) in [5.74, 6) is 0.107. The maximum Gasteiger partial charge on any atom is 0.414 e. The molecule has 2 heterocycles. The molecule has 3 rings (SSSR count). The second-order valence-electron chi connectivity index (χ2n) is 10.7. The van der Waals surface area contributed by atoms with E-state index in [1.54, 1.807) is 24.4 Å². The van der Waals surface area contributed by atoms with Crippen LogP contribution in [0, 0.1) is 5.92 Å². The minimum Gasteiger partial charge on any atom is -0.540 e. The molecule has 0 saturated heterocycles. The average Bonchev–Trinajstić information content (AvgIpc) is 3.08. The molecular weight excluding hydrogens is 476 g/mol. The molecule has 0 radical (unpaired) electrons. The van der Waals surface area contributed by atoms with Crippen LogP contribution in [-0.2, 0) is 0 Å². The summed E-state index contributed by atoms with van der Waals surface area (Å²) in [6.07, 6.45) is 1.09. The zero-order valence-electron chi connectivity index (χ0n) is 22.6. The van der Waals surface area contributed by atoms with Gasteiger partial charge in [-0.1, -0.05) is 53.2 Å². The maximum atomic E-state index is 13.8. The zero-order chi connectivity index (χ0) is 27.1. The van der Waals surface area contributed by atoms with Crippen LogP contribution in [0.2, 0.25) is 16.6 Å². The Labute approximate surface area is 215 Å². The van der Waals surface area contributed by atoms with Gasteiger partial charge in [0.15, 0.2) is 12.0 Å². The van der Waals surface area contributed by atoms with Gasteiger partial charge < -0.3 is 24.3 Å². The van der Waals surface area contributed by atoms with Crippen LogP contribution < -0.4 is 14.1 Å². The third-order valence-electron chi connectivity index (χ3n) is 7.86. The van der Waals surface area contributed by atoms with E-state index in [0.29, 0.717) is 17.9 Å². The second kappa shape index (κ2) is 10.3. The highest BCUT2D eigenvalue weighted by Gasteiger charge is 2.50. The summed E-state index contributed by atoms with van der Waals surface area (Å²) in [5, 5.41) is 21.6. The predicted molar refractivity (Wildman–Crippen MR) is 143 cm³/mol. The molecule has 3 atom stereocenters. The molecule has 2 N–H and O–H groups in total. The van der Waals surface area contributed by atoms with Gasteiger partial charge in [0, 0.05) is 18.2 Å². The number of fused-ring (bicyclic) bond motifs is 2. The topological polar surface area (TPSA) is 99.5 Å². The first-order valence-electron chi connectivity index (χ1n) is 12.6. The molecule has 2 amide bonds. The molecule has 9 heteroatoms. The number of benzene rings is 1. The smallest absolute Gasteiger partial charge is 0.414 e. The zero-order valence-corrected chi connectivity index (χ0v) is 23.6. The average molecular weight is 517 g/mol. The molecule has 0 aliphatic carbocycles. The molecule has 1 unspecified atom stereocenters. The number of anilines is 1. The number of amides is 2. The van der Waals surface area contributed by atoms with Crippen LogP contribution in [0.1, 0.15) is 65.2 Å². The van der Waals surface area contributed by atoms with Crippen LogP contribution in [0.3, 0.4) is 0 Å². The van der Waals surface area contributed by atoms with E-state index in [1.807, 2.05) is 6.92 Å². The minimum absolute atomic E-state index is 0.0905. The fourth-order valence-electron chi connectivity index (χ4n) is 6.27. The quantitative estimate of drug-likeness (QED) is 0.325. The first kappa shape index (κ1) is 27.8. The number of carboxylic acid groups (broad SMARTS) is 1. The third-order valence-corrected chi connectivity index (χ3v) is 13.8. The van der Waals surface area contributed by atoms with E-state index in [-0.39, 0.29) is 33.8 Å². The summed E-state index contributed by atoms with van der Waals surface area (Å²) < 4.78 is 12.5. The molecule has 1 aromatic rings. The largest absolute Gasteiger partial charge is 0.540 e. The highest BCUT2D eigenvalue weighted by atomic mass is 28.4. The van der Waals surface area contributed by atoms with Gasteiger partial charge in [0.1, 0.15) is 5.75 Å². The van der Waals surface area contributed by atoms with E-state index in [2.05, 4.69) is 48.1 Å². The summed E-state index contributed by atoms with van der Waals surface area (Å²) in [6.45, 7) is 18.6. The van der Waals surface area contributed by atoms with E-state index < -0.39 is 32.6 Å². The number of rotatable bonds is 8. The van der Waals surface area contributed by atoms with E-state index in [0.717, 1.165) is 10.5 Å². The molecule has 0 saturated carbocycles. The number of carbonyl (C=O) groups is 2. The number of hydrogen-bond donors (Lipinski definition) is 2. The Morgan fingerprint density at radius 1 is 1.14 bits per heavy atom. The van der Waals surface area contributed by atoms with Gasteiger partial charge >= 0.3 is 6.09 Å². The van der Waals surface area contributed by atoms with Crippen molar-refractivity contribution in [1.29, 1.82) is 0 Å². The standard InChI is InChI=1S/C27H40N2O6Si/c1-10-11-19-18(8)14-28-24(19)26(31)29(27(32)33)21-13-23(22(34-9)12-20(21)25(28)30)35-36(15(2)3,16(4)5)17(6)7/h10,12-17,19,24,26,31H,1,11H2,2-9H3,(H,32,33)/t19?,24-,26-/m0/s1. The lowest BCUT2D eigenvalue weighted by Gasteiger charge is -2.42. The molecule has 198 valence electrons. The molecule has 36 heavy (non-hydrogen) atoms. The Hall–Kier alpha value is -2.78. The maximum absolute atomic E-state index is 13.8. The Kier molecular flexibility index (Phi) is 7.95. The first-order chi connectivity index (χ1) is 16.8. The van der Waals surface area contributed by atoms with Crippen LogP contribution in [0.4, 0.5) is 10.5 Å². The van der Waals surface area contributed by atoms with Gasteiger partial charge in [0.2, 0.25) is 0 Å². The van der Waals surface area contributed by atoms with Crippen molar-refractivity contribution in [1.82, 2.24) is 4.90 Å². The molecule has 2 aliphatic rings. The highest BCUT2D eigenvalue weighted by Crippen LogP contribution is 2.48. The van der Waals surface area contributed by atoms with Gasteiger partial charge in [-0.3, -0.25) is 4.79 Å². The Balaban J connectivity index is 2.25. The number of aliphatic hydroxyl groups excluding tert-OH is 1. The van der Waals surface area contributed by atoms with Crippen molar-refractivity contribution in [2.75, 3.05) is 12.0 Å². The van der Waals surface area contributed by atoms with Crippen LogP contribution in [0.15, 0.2) is 36.6 Å². The molecule has 1 aromatic carbocycles. The lowest BCUT2D eigenvalue weighted by molar-refractivity contribution is 0.0471. The van der Waals surface area contributed by atoms with Gasteiger partial charge in [0.05, 0.1) is 24.4 Å². The van der Waals surface area contributed by atoms with Crippen LogP contribution >= 0.6 is 0 Å². The van der Waals surface area contributed by atoms with Crippen molar-refractivity contribution in [3.05, 3.63) is 42.1 Å². The SMILES string of the molecule is C=CCC1C(C)=CN2C(=O)c3cc(OC)c(O[Si](C(C)C)(C(C)C)C(C)C)cc3N(C(=O)O)[C@@H](O)[C@H]12. The number of hydrogen-bond acceptors (Lipinski definition) is 5.